The number of likely N-dealkylation sites (tertiary alicyclic amines) is 1. The largest absolute Gasteiger partial charge is 0.296 e. The fourth-order valence-electron chi connectivity index (χ4n) is 4.37. The number of rotatable bonds is 5. The zero-order valence-electron chi connectivity index (χ0n) is 12.9. The van der Waals surface area contributed by atoms with Gasteiger partial charge in [-0.1, -0.05) is 25.3 Å². The molecule has 2 heterocycles. The Morgan fingerprint density at radius 1 is 1.19 bits per heavy atom. The highest BCUT2D eigenvalue weighted by Crippen LogP contribution is 2.40. The van der Waals surface area contributed by atoms with Crippen LogP contribution in [0.2, 0.25) is 0 Å². The van der Waals surface area contributed by atoms with Crippen molar-refractivity contribution in [1.82, 2.24) is 15.3 Å². The van der Waals surface area contributed by atoms with Gasteiger partial charge in [0.1, 0.15) is 0 Å². The van der Waals surface area contributed by atoms with Crippen LogP contribution in [0.3, 0.4) is 0 Å². The van der Waals surface area contributed by atoms with E-state index in [1.807, 2.05) is 18.5 Å². The Balaban J connectivity index is 1.80. The smallest absolute Gasteiger partial charge is 0.0435 e. The second-order valence-corrected chi connectivity index (χ2v) is 6.64. The molecule has 21 heavy (non-hydrogen) atoms. The standard InChI is InChI=1S/C17H28N4/c18-20-16(13-15-7-6-10-19-14-15)17(8-2-3-9-17)21-11-4-1-5-12-21/h6-7,10,14,16,20H,1-5,8-9,11-13,18H2. The first-order chi connectivity index (χ1) is 10.3. The predicted octanol–water partition coefficient (Wildman–Crippen LogP) is 2.25. The van der Waals surface area contributed by atoms with E-state index < -0.39 is 0 Å². The Morgan fingerprint density at radius 3 is 2.57 bits per heavy atom. The molecule has 3 N–H and O–H groups in total. The Hall–Kier alpha value is -0.970. The van der Waals surface area contributed by atoms with Crippen LogP contribution in [0.25, 0.3) is 0 Å². The van der Waals surface area contributed by atoms with E-state index >= 15 is 0 Å². The van der Waals surface area contributed by atoms with Gasteiger partial charge in [-0.25, -0.2) is 0 Å². The molecule has 116 valence electrons. The summed E-state index contributed by atoms with van der Waals surface area (Å²) in [5, 5.41) is 0. The third-order valence-corrected chi connectivity index (χ3v) is 5.47. The van der Waals surface area contributed by atoms with Crippen molar-refractivity contribution in [2.24, 2.45) is 5.84 Å². The van der Waals surface area contributed by atoms with E-state index in [9.17, 15) is 0 Å². The van der Waals surface area contributed by atoms with Gasteiger partial charge in [0.15, 0.2) is 0 Å². The van der Waals surface area contributed by atoms with Crippen LogP contribution in [0.15, 0.2) is 24.5 Å². The second-order valence-electron chi connectivity index (χ2n) is 6.64. The van der Waals surface area contributed by atoms with E-state index in [4.69, 9.17) is 5.84 Å². The molecule has 1 aromatic rings. The number of hydrogen-bond donors (Lipinski definition) is 2. The maximum Gasteiger partial charge on any atom is 0.0435 e. The van der Waals surface area contributed by atoms with Crippen LogP contribution in [-0.4, -0.2) is 34.6 Å². The molecule has 1 aromatic heterocycles. The van der Waals surface area contributed by atoms with Gasteiger partial charge in [-0.2, -0.15) is 0 Å². The van der Waals surface area contributed by atoms with Crippen LogP contribution in [0, 0.1) is 0 Å². The lowest BCUT2D eigenvalue weighted by atomic mass is 9.82. The molecule has 1 atom stereocenters. The normalized spacial score (nSPS) is 24.0. The number of nitrogens with zero attached hydrogens (tertiary/aromatic N) is 2. The van der Waals surface area contributed by atoms with Crippen molar-refractivity contribution in [3.63, 3.8) is 0 Å². The van der Waals surface area contributed by atoms with Crippen molar-refractivity contribution >= 4 is 0 Å². The molecule has 4 nitrogen and oxygen atoms in total. The quantitative estimate of drug-likeness (QED) is 0.644. The van der Waals surface area contributed by atoms with Gasteiger partial charge in [0, 0.05) is 24.0 Å². The Morgan fingerprint density at radius 2 is 1.95 bits per heavy atom. The summed E-state index contributed by atoms with van der Waals surface area (Å²) in [7, 11) is 0. The fraction of sp³-hybridized carbons (Fsp3) is 0.706. The number of nitrogens with one attached hydrogen (secondary N) is 1. The van der Waals surface area contributed by atoms with Gasteiger partial charge >= 0.3 is 0 Å². The van der Waals surface area contributed by atoms with Gasteiger partial charge in [-0.15, -0.1) is 0 Å². The Bertz CT molecular complexity index is 422. The molecular formula is C17H28N4. The first-order valence-electron chi connectivity index (χ1n) is 8.45. The zero-order chi connectivity index (χ0) is 14.5. The summed E-state index contributed by atoms with van der Waals surface area (Å²) in [6.07, 6.45) is 14.1. The first-order valence-corrected chi connectivity index (χ1v) is 8.45. The summed E-state index contributed by atoms with van der Waals surface area (Å²) in [5.74, 6) is 6.00. The Labute approximate surface area is 128 Å². The number of pyridine rings is 1. The van der Waals surface area contributed by atoms with Crippen molar-refractivity contribution in [3.05, 3.63) is 30.1 Å². The van der Waals surface area contributed by atoms with Gasteiger partial charge in [-0.05, 0) is 56.8 Å². The van der Waals surface area contributed by atoms with E-state index in [0.29, 0.717) is 6.04 Å². The molecule has 0 aromatic carbocycles. The van der Waals surface area contributed by atoms with E-state index in [1.165, 1.54) is 63.6 Å². The van der Waals surface area contributed by atoms with Crippen LogP contribution < -0.4 is 11.3 Å². The molecular weight excluding hydrogens is 260 g/mol. The molecule has 3 rings (SSSR count). The van der Waals surface area contributed by atoms with Gasteiger partial charge < -0.3 is 0 Å². The molecule has 1 saturated carbocycles. The van der Waals surface area contributed by atoms with E-state index in [1.54, 1.807) is 0 Å². The van der Waals surface area contributed by atoms with Crippen LogP contribution in [0.5, 0.6) is 0 Å². The minimum atomic E-state index is 0.255. The monoisotopic (exact) mass is 288 g/mol. The van der Waals surface area contributed by atoms with Crippen molar-refractivity contribution in [3.8, 4) is 0 Å². The first kappa shape index (κ1) is 14.9. The molecule has 1 saturated heterocycles. The highest BCUT2D eigenvalue weighted by atomic mass is 15.3. The number of hydrogen-bond acceptors (Lipinski definition) is 4. The van der Waals surface area contributed by atoms with E-state index in [0.717, 1.165) is 6.42 Å². The zero-order valence-corrected chi connectivity index (χ0v) is 12.9. The average molecular weight is 288 g/mol. The lowest BCUT2D eigenvalue weighted by Gasteiger charge is -2.48. The number of aromatic nitrogens is 1. The molecule has 0 spiro atoms. The van der Waals surface area contributed by atoms with Crippen LogP contribution in [0.4, 0.5) is 0 Å². The molecule has 4 heteroatoms. The minimum absolute atomic E-state index is 0.255. The summed E-state index contributed by atoms with van der Waals surface area (Å²) >= 11 is 0. The summed E-state index contributed by atoms with van der Waals surface area (Å²) in [6, 6.07) is 4.50. The highest BCUT2D eigenvalue weighted by molar-refractivity contribution is 5.14. The van der Waals surface area contributed by atoms with E-state index in [-0.39, 0.29) is 5.54 Å². The number of nitrogens with two attached hydrogens (primary N) is 1. The topological polar surface area (TPSA) is 54.2 Å². The van der Waals surface area contributed by atoms with Crippen molar-refractivity contribution < 1.29 is 0 Å². The van der Waals surface area contributed by atoms with Crippen LogP contribution >= 0.6 is 0 Å². The maximum atomic E-state index is 6.00. The van der Waals surface area contributed by atoms with Crippen LogP contribution in [0.1, 0.15) is 50.5 Å². The van der Waals surface area contributed by atoms with Gasteiger partial charge in [0.2, 0.25) is 0 Å². The molecule has 0 amide bonds. The third-order valence-electron chi connectivity index (χ3n) is 5.47. The van der Waals surface area contributed by atoms with Gasteiger partial charge in [0.25, 0.3) is 0 Å². The fourth-order valence-corrected chi connectivity index (χ4v) is 4.37. The number of hydrazine groups is 1. The molecule has 1 aliphatic carbocycles. The molecule has 2 fully saturated rings. The molecule has 0 bridgehead atoms. The van der Waals surface area contributed by atoms with Gasteiger partial charge in [0.05, 0.1) is 0 Å². The van der Waals surface area contributed by atoms with Gasteiger partial charge in [-0.3, -0.25) is 21.2 Å². The molecule has 1 aliphatic heterocycles. The summed E-state index contributed by atoms with van der Waals surface area (Å²) in [6.45, 7) is 2.48. The number of piperidine rings is 1. The van der Waals surface area contributed by atoms with Crippen molar-refractivity contribution in [1.29, 1.82) is 0 Å². The van der Waals surface area contributed by atoms with E-state index in [2.05, 4.69) is 21.4 Å². The Kier molecular flexibility index (Phi) is 4.88. The highest BCUT2D eigenvalue weighted by Gasteiger charge is 2.45. The molecule has 2 aliphatic rings. The second kappa shape index (κ2) is 6.86. The lowest BCUT2D eigenvalue weighted by Crippen LogP contribution is -2.63. The van der Waals surface area contributed by atoms with Crippen molar-refractivity contribution in [2.45, 2.75) is 62.9 Å². The average Bonchev–Trinajstić information content (AvgIpc) is 3.05. The van der Waals surface area contributed by atoms with Crippen LogP contribution in [-0.2, 0) is 6.42 Å². The SMILES string of the molecule is NNC(Cc1cccnc1)C1(N2CCCCC2)CCCC1. The third kappa shape index (κ3) is 3.12. The summed E-state index contributed by atoms with van der Waals surface area (Å²) in [4.78, 5) is 6.99. The maximum absolute atomic E-state index is 6.00. The van der Waals surface area contributed by atoms with Crippen molar-refractivity contribution in [2.75, 3.05) is 13.1 Å². The summed E-state index contributed by atoms with van der Waals surface area (Å²) < 4.78 is 0. The molecule has 0 radical (unpaired) electrons. The molecule has 1 unspecified atom stereocenters. The summed E-state index contributed by atoms with van der Waals surface area (Å²) in [5.41, 5.74) is 4.70. The predicted molar refractivity (Wildman–Crippen MR) is 85.7 cm³/mol. The minimum Gasteiger partial charge on any atom is -0.296 e. The lowest BCUT2D eigenvalue weighted by molar-refractivity contribution is 0.0366.